The van der Waals surface area contributed by atoms with Crippen LogP contribution in [0.25, 0.3) is 0 Å². The zero-order valence-corrected chi connectivity index (χ0v) is 13.7. The van der Waals surface area contributed by atoms with E-state index in [-0.39, 0.29) is 11.4 Å². The monoisotopic (exact) mass is 327 g/mol. The van der Waals surface area contributed by atoms with Gasteiger partial charge in [-0.2, -0.15) is 0 Å². The van der Waals surface area contributed by atoms with Crippen molar-refractivity contribution in [3.8, 4) is 11.5 Å². The van der Waals surface area contributed by atoms with Gasteiger partial charge < -0.3 is 9.47 Å². The van der Waals surface area contributed by atoms with Crippen LogP contribution in [0.15, 0.2) is 34.5 Å². The van der Waals surface area contributed by atoms with Crippen LogP contribution >= 0.6 is 11.3 Å². The summed E-state index contributed by atoms with van der Waals surface area (Å²) in [5.74, 6) is 0.895. The van der Waals surface area contributed by atoms with Crippen molar-refractivity contribution in [2.75, 3.05) is 14.2 Å². The summed E-state index contributed by atoms with van der Waals surface area (Å²) < 4.78 is 37.7. The average molecular weight is 327 g/mol. The summed E-state index contributed by atoms with van der Waals surface area (Å²) in [7, 11) is -0.614. The van der Waals surface area contributed by atoms with Crippen LogP contribution in [0.2, 0.25) is 0 Å². The average Bonchev–Trinajstić information content (AvgIpc) is 2.98. The van der Waals surface area contributed by atoms with E-state index in [2.05, 4.69) is 4.72 Å². The Labute approximate surface area is 128 Å². The number of nitrogens with one attached hydrogen (secondary N) is 1. The lowest BCUT2D eigenvalue weighted by Gasteiger charge is -2.13. The van der Waals surface area contributed by atoms with Gasteiger partial charge in [0.1, 0.15) is 0 Å². The van der Waals surface area contributed by atoms with Crippen molar-refractivity contribution in [2.45, 2.75) is 18.4 Å². The normalized spacial score (nSPS) is 11.4. The summed E-state index contributed by atoms with van der Waals surface area (Å²) in [6.07, 6.45) is 0. The first-order chi connectivity index (χ1) is 9.97. The first-order valence-electron chi connectivity index (χ1n) is 6.22. The molecule has 0 aliphatic heterocycles. The molecule has 1 heterocycles. The van der Waals surface area contributed by atoms with Gasteiger partial charge in [-0.3, -0.25) is 0 Å². The fourth-order valence-electron chi connectivity index (χ4n) is 1.91. The number of methoxy groups -OCH3 is 2. The van der Waals surface area contributed by atoms with Gasteiger partial charge in [0.05, 0.1) is 19.1 Å². The molecule has 114 valence electrons. The van der Waals surface area contributed by atoms with Gasteiger partial charge in [0.25, 0.3) is 0 Å². The van der Waals surface area contributed by atoms with Crippen molar-refractivity contribution in [1.82, 2.24) is 4.72 Å². The Kier molecular flexibility index (Phi) is 4.87. The van der Waals surface area contributed by atoms with Crippen LogP contribution in [0.5, 0.6) is 11.5 Å². The second-order valence-corrected chi connectivity index (χ2v) is 7.14. The molecule has 5 nitrogen and oxygen atoms in total. The van der Waals surface area contributed by atoms with Crippen LogP contribution in [0.3, 0.4) is 0 Å². The summed E-state index contributed by atoms with van der Waals surface area (Å²) in [5.41, 5.74) is 0.603. The number of sulfonamides is 1. The van der Waals surface area contributed by atoms with E-state index >= 15 is 0 Å². The Morgan fingerprint density at radius 1 is 1.19 bits per heavy atom. The predicted octanol–water partition coefficient (Wildman–Crippen LogP) is 2.55. The first kappa shape index (κ1) is 15.8. The van der Waals surface area contributed by atoms with Gasteiger partial charge in [-0.05, 0) is 30.0 Å². The zero-order valence-electron chi connectivity index (χ0n) is 12.0. The molecule has 0 saturated heterocycles. The van der Waals surface area contributed by atoms with Crippen LogP contribution < -0.4 is 14.2 Å². The Bertz CT molecular complexity index is 709. The summed E-state index contributed by atoms with van der Waals surface area (Å²) in [6.45, 7) is 2.00. The van der Waals surface area contributed by atoms with Crippen molar-refractivity contribution < 1.29 is 17.9 Å². The molecule has 0 spiro atoms. The fraction of sp³-hybridized carbons (Fsp3) is 0.286. The van der Waals surface area contributed by atoms with E-state index in [0.29, 0.717) is 17.1 Å². The lowest BCUT2D eigenvalue weighted by Crippen LogP contribution is -2.23. The summed E-state index contributed by atoms with van der Waals surface area (Å²) in [5, 5.41) is 1.91. The van der Waals surface area contributed by atoms with Crippen molar-refractivity contribution in [3.05, 3.63) is 40.1 Å². The molecular formula is C14H17NO4S2. The van der Waals surface area contributed by atoms with E-state index in [0.717, 1.165) is 4.88 Å². The maximum absolute atomic E-state index is 12.4. The van der Waals surface area contributed by atoms with Gasteiger partial charge in [-0.1, -0.05) is 6.07 Å². The summed E-state index contributed by atoms with van der Waals surface area (Å²) >= 11 is 1.51. The number of hydrogen-bond donors (Lipinski definition) is 1. The topological polar surface area (TPSA) is 64.6 Å². The second-order valence-electron chi connectivity index (χ2n) is 4.38. The highest BCUT2D eigenvalue weighted by Gasteiger charge is 2.20. The Balaban J connectivity index is 2.31. The fourth-order valence-corrected chi connectivity index (χ4v) is 3.89. The predicted molar refractivity (Wildman–Crippen MR) is 82.6 cm³/mol. The molecule has 0 saturated carbocycles. The summed E-state index contributed by atoms with van der Waals surface area (Å²) in [6, 6.07) is 6.90. The highest BCUT2D eigenvalue weighted by molar-refractivity contribution is 7.89. The number of aryl methyl sites for hydroxylation is 1. The molecule has 1 aromatic heterocycles. The molecule has 1 aromatic carbocycles. The van der Waals surface area contributed by atoms with Gasteiger partial charge in [0, 0.05) is 17.5 Å². The molecule has 7 heteroatoms. The molecule has 0 unspecified atom stereocenters. The summed E-state index contributed by atoms with van der Waals surface area (Å²) in [4.78, 5) is 1.15. The van der Waals surface area contributed by atoms with Gasteiger partial charge in [-0.25, -0.2) is 13.1 Å². The minimum atomic E-state index is -3.60. The van der Waals surface area contributed by atoms with Gasteiger partial charge in [0.2, 0.25) is 10.0 Å². The van der Waals surface area contributed by atoms with Crippen LogP contribution in [0.1, 0.15) is 10.4 Å². The highest BCUT2D eigenvalue weighted by Crippen LogP contribution is 2.32. The molecular weight excluding hydrogens is 310 g/mol. The van der Waals surface area contributed by atoms with E-state index in [1.807, 2.05) is 17.5 Å². The number of hydrogen-bond acceptors (Lipinski definition) is 5. The molecule has 2 aromatic rings. The van der Waals surface area contributed by atoms with Crippen molar-refractivity contribution in [3.63, 3.8) is 0 Å². The molecule has 1 N–H and O–H groups in total. The van der Waals surface area contributed by atoms with Crippen LogP contribution in [0, 0.1) is 6.92 Å². The van der Waals surface area contributed by atoms with Crippen molar-refractivity contribution in [1.29, 1.82) is 0 Å². The molecule has 0 aliphatic rings. The maximum Gasteiger partial charge on any atom is 0.241 e. The van der Waals surface area contributed by atoms with Gasteiger partial charge >= 0.3 is 0 Å². The Morgan fingerprint density at radius 2 is 1.86 bits per heavy atom. The third-order valence-corrected chi connectivity index (χ3v) is 5.41. The second kappa shape index (κ2) is 6.46. The van der Waals surface area contributed by atoms with Crippen LogP contribution in [-0.2, 0) is 16.6 Å². The minimum absolute atomic E-state index is 0.191. The van der Waals surface area contributed by atoms with Crippen LogP contribution in [-0.4, -0.2) is 22.6 Å². The first-order valence-corrected chi connectivity index (χ1v) is 8.59. The van der Waals surface area contributed by atoms with Gasteiger partial charge in [0.15, 0.2) is 11.5 Å². The standard InChI is InChI=1S/C14H17NO4S2/c1-10-7-12(18-2)13(19-3)8-14(10)21(16,17)15-9-11-5-4-6-20-11/h4-8,15H,9H2,1-3H3. The largest absolute Gasteiger partial charge is 0.493 e. The van der Waals surface area contributed by atoms with E-state index in [1.165, 1.54) is 31.6 Å². The van der Waals surface area contributed by atoms with Crippen molar-refractivity contribution >= 4 is 21.4 Å². The SMILES string of the molecule is COc1cc(C)c(S(=O)(=O)NCc2cccs2)cc1OC. The Hall–Kier alpha value is -1.57. The molecule has 0 fully saturated rings. The lowest BCUT2D eigenvalue weighted by molar-refractivity contribution is 0.353. The quantitative estimate of drug-likeness (QED) is 0.885. The number of thiophene rings is 1. The smallest absolute Gasteiger partial charge is 0.241 e. The number of benzene rings is 1. The molecule has 0 aliphatic carbocycles. The number of ether oxygens (including phenoxy) is 2. The minimum Gasteiger partial charge on any atom is -0.493 e. The van der Waals surface area contributed by atoms with Gasteiger partial charge in [-0.15, -0.1) is 11.3 Å². The van der Waals surface area contributed by atoms with Crippen LogP contribution in [0.4, 0.5) is 0 Å². The Morgan fingerprint density at radius 3 is 2.43 bits per heavy atom. The van der Waals surface area contributed by atoms with Crippen molar-refractivity contribution in [2.24, 2.45) is 0 Å². The molecule has 0 atom stereocenters. The molecule has 21 heavy (non-hydrogen) atoms. The molecule has 0 radical (unpaired) electrons. The highest BCUT2D eigenvalue weighted by atomic mass is 32.2. The molecule has 0 bridgehead atoms. The van der Waals surface area contributed by atoms with E-state index in [1.54, 1.807) is 13.0 Å². The lowest BCUT2D eigenvalue weighted by atomic mass is 10.2. The maximum atomic E-state index is 12.4. The molecule has 2 rings (SSSR count). The molecule has 0 amide bonds. The van der Waals surface area contributed by atoms with E-state index in [9.17, 15) is 8.42 Å². The third-order valence-electron chi connectivity index (χ3n) is 2.99. The van der Waals surface area contributed by atoms with E-state index < -0.39 is 10.0 Å². The zero-order chi connectivity index (χ0) is 15.5. The third kappa shape index (κ3) is 3.55. The van der Waals surface area contributed by atoms with E-state index in [4.69, 9.17) is 9.47 Å². The number of rotatable bonds is 6.